The lowest BCUT2D eigenvalue weighted by molar-refractivity contribution is -0.111. The molecule has 0 aromatic heterocycles. The van der Waals surface area contributed by atoms with Gasteiger partial charge in [0.15, 0.2) is 0 Å². The van der Waals surface area contributed by atoms with Crippen LogP contribution in [0.25, 0.3) is 0 Å². The van der Waals surface area contributed by atoms with Crippen LogP contribution in [-0.4, -0.2) is 6.29 Å². The van der Waals surface area contributed by atoms with E-state index in [-0.39, 0.29) is 5.92 Å². The van der Waals surface area contributed by atoms with Crippen molar-refractivity contribution in [1.82, 2.24) is 0 Å². The Bertz CT molecular complexity index is 180. The number of carbonyl (C=O) groups excluding carboxylic acids is 1. The Morgan fingerprint density at radius 3 is 2.36 bits per heavy atom. The summed E-state index contributed by atoms with van der Waals surface area (Å²) in [4.78, 5) is 10.6. The first-order valence-electron chi connectivity index (χ1n) is 5.60. The zero-order valence-electron chi connectivity index (χ0n) is 9.41. The molecule has 1 nitrogen and oxygen atoms in total. The van der Waals surface area contributed by atoms with Crippen LogP contribution in [0.4, 0.5) is 0 Å². The van der Waals surface area contributed by atoms with Gasteiger partial charge in [0.2, 0.25) is 0 Å². The first kappa shape index (κ1) is 13.2. The third-order valence-corrected chi connectivity index (χ3v) is 2.13. The minimum absolute atomic E-state index is 0.228. The fraction of sp³-hybridized carbons (Fsp3) is 0.615. The number of hydrogen-bond acceptors (Lipinski definition) is 1. The molecule has 0 rings (SSSR count). The van der Waals surface area contributed by atoms with Gasteiger partial charge >= 0.3 is 0 Å². The van der Waals surface area contributed by atoms with E-state index in [9.17, 15) is 4.79 Å². The molecule has 0 fully saturated rings. The van der Waals surface area contributed by atoms with E-state index >= 15 is 0 Å². The lowest BCUT2D eigenvalue weighted by Crippen LogP contribution is -1.98. The third kappa shape index (κ3) is 7.78. The van der Waals surface area contributed by atoms with Crippen molar-refractivity contribution in [3.05, 3.63) is 24.3 Å². The van der Waals surface area contributed by atoms with E-state index in [0.29, 0.717) is 0 Å². The van der Waals surface area contributed by atoms with Crippen LogP contribution >= 0.6 is 0 Å². The Labute approximate surface area is 87.9 Å². The highest BCUT2D eigenvalue weighted by molar-refractivity contribution is 5.53. The second kappa shape index (κ2) is 10.2. The van der Waals surface area contributed by atoms with Gasteiger partial charge in [-0.1, -0.05) is 44.6 Å². The molecule has 14 heavy (non-hydrogen) atoms. The van der Waals surface area contributed by atoms with Gasteiger partial charge in [0.25, 0.3) is 0 Å². The summed E-state index contributed by atoms with van der Waals surface area (Å²) < 4.78 is 0. The molecule has 0 bridgehead atoms. The van der Waals surface area contributed by atoms with Crippen LogP contribution in [0, 0.1) is 5.92 Å². The number of aldehydes is 1. The summed E-state index contributed by atoms with van der Waals surface area (Å²) >= 11 is 0. The molecule has 80 valence electrons. The van der Waals surface area contributed by atoms with Gasteiger partial charge in [0.1, 0.15) is 6.29 Å². The Balaban J connectivity index is 3.57. The summed E-state index contributed by atoms with van der Waals surface area (Å²) in [7, 11) is 0. The quantitative estimate of drug-likeness (QED) is 0.423. The molecule has 0 amide bonds. The van der Waals surface area contributed by atoms with Gasteiger partial charge < -0.3 is 4.79 Å². The second-order valence-corrected chi connectivity index (χ2v) is 3.51. The number of rotatable bonds is 8. The average Bonchev–Trinajstić information content (AvgIpc) is 2.21. The van der Waals surface area contributed by atoms with Gasteiger partial charge in [0, 0.05) is 5.92 Å². The molecule has 0 saturated heterocycles. The second-order valence-electron chi connectivity index (χ2n) is 3.51. The molecule has 0 N–H and O–H groups in total. The van der Waals surface area contributed by atoms with Gasteiger partial charge in [-0.05, 0) is 25.7 Å². The largest absolute Gasteiger partial charge is 0.303 e. The number of hydrogen-bond donors (Lipinski definition) is 0. The average molecular weight is 194 g/mol. The van der Waals surface area contributed by atoms with Crippen molar-refractivity contribution in [2.45, 2.75) is 46.0 Å². The van der Waals surface area contributed by atoms with Crippen LogP contribution in [0.1, 0.15) is 46.0 Å². The maximum absolute atomic E-state index is 10.6. The summed E-state index contributed by atoms with van der Waals surface area (Å²) in [6.45, 7) is 4.24. The summed E-state index contributed by atoms with van der Waals surface area (Å²) in [5.74, 6) is 0.228. The van der Waals surface area contributed by atoms with E-state index in [1.165, 1.54) is 0 Å². The molecule has 1 heteroatoms. The smallest absolute Gasteiger partial charge is 0.123 e. The minimum atomic E-state index is 0.228. The molecule has 0 aliphatic rings. The summed E-state index contributed by atoms with van der Waals surface area (Å²) in [6.07, 6.45) is 14.7. The van der Waals surface area contributed by atoms with Gasteiger partial charge in [-0.15, -0.1) is 0 Å². The summed E-state index contributed by atoms with van der Waals surface area (Å²) in [5, 5.41) is 0. The zero-order chi connectivity index (χ0) is 10.6. The highest BCUT2D eigenvalue weighted by Gasteiger charge is 2.01. The molecule has 0 saturated carbocycles. The molecule has 1 atom stereocenters. The van der Waals surface area contributed by atoms with Crippen molar-refractivity contribution in [3.63, 3.8) is 0 Å². The van der Waals surface area contributed by atoms with Crippen molar-refractivity contribution in [3.8, 4) is 0 Å². The van der Waals surface area contributed by atoms with E-state index in [1.807, 2.05) is 0 Å². The predicted octanol–water partition coefficient (Wildman–Crippen LogP) is 3.90. The van der Waals surface area contributed by atoms with Crippen molar-refractivity contribution >= 4 is 6.29 Å². The van der Waals surface area contributed by atoms with Gasteiger partial charge in [0.05, 0.1) is 0 Å². The lowest BCUT2D eigenvalue weighted by Gasteiger charge is -2.03. The molecule has 0 radical (unpaired) electrons. The summed E-state index contributed by atoms with van der Waals surface area (Å²) in [5.41, 5.74) is 0. The van der Waals surface area contributed by atoms with E-state index in [0.717, 1.165) is 38.4 Å². The van der Waals surface area contributed by atoms with Crippen LogP contribution in [0.15, 0.2) is 24.3 Å². The van der Waals surface area contributed by atoms with Crippen LogP contribution in [0.3, 0.4) is 0 Å². The Morgan fingerprint density at radius 1 is 1.07 bits per heavy atom. The SMILES string of the molecule is CCC=CCC=CCC(C=O)CCC. The Morgan fingerprint density at radius 2 is 1.79 bits per heavy atom. The van der Waals surface area contributed by atoms with Crippen molar-refractivity contribution in [2.24, 2.45) is 5.92 Å². The molecular formula is C13H22O. The summed E-state index contributed by atoms with van der Waals surface area (Å²) in [6, 6.07) is 0. The molecule has 0 aliphatic heterocycles. The fourth-order valence-corrected chi connectivity index (χ4v) is 1.32. The van der Waals surface area contributed by atoms with Gasteiger partial charge in [-0.3, -0.25) is 0 Å². The van der Waals surface area contributed by atoms with E-state index in [1.54, 1.807) is 0 Å². The standard InChI is InChI=1S/C13H22O/c1-3-5-6-7-8-9-11-13(12-14)10-4-2/h5-6,8-9,12-13H,3-4,7,10-11H2,1-2H3. The topological polar surface area (TPSA) is 17.1 Å². The molecule has 1 unspecified atom stereocenters. The number of carbonyl (C=O) groups is 1. The monoisotopic (exact) mass is 194 g/mol. The molecule has 0 aromatic carbocycles. The minimum Gasteiger partial charge on any atom is -0.303 e. The van der Waals surface area contributed by atoms with E-state index in [2.05, 4.69) is 38.2 Å². The first-order chi connectivity index (χ1) is 6.85. The highest BCUT2D eigenvalue weighted by Crippen LogP contribution is 2.08. The molecule has 0 spiro atoms. The van der Waals surface area contributed by atoms with Crippen molar-refractivity contribution in [1.29, 1.82) is 0 Å². The molecule has 0 aliphatic carbocycles. The molecular weight excluding hydrogens is 172 g/mol. The van der Waals surface area contributed by atoms with Gasteiger partial charge in [-0.25, -0.2) is 0 Å². The molecule has 0 heterocycles. The van der Waals surface area contributed by atoms with Crippen LogP contribution < -0.4 is 0 Å². The normalized spacial score (nSPS) is 13.9. The Hall–Kier alpha value is -0.850. The van der Waals surface area contributed by atoms with E-state index < -0.39 is 0 Å². The van der Waals surface area contributed by atoms with Crippen molar-refractivity contribution < 1.29 is 4.79 Å². The van der Waals surface area contributed by atoms with Crippen LogP contribution in [0.2, 0.25) is 0 Å². The maximum Gasteiger partial charge on any atom is 0.123 e. The van der Waals surface area contributed by atoms with E-state index in [4.69, 9.17) is 0 Å². The van der Waals surface area contributed by atoms with Crippen molar-refractivity contribution in [2.75, 3.05) is 0 Å². The van der Waals surface area contributed by atoms with Crippen LogP contribution in [0.5, 0.6) is 0 Å². The Kier molecular flexibility index (Phi) is 9.61. The molecule has 0 aromatic rings. The predicted molar refractivity (Wildman–Crippen MR) is 62.3 cm³/mol. The van der Waals surface area contributed by atoms with Crippen LogP contribution in [-0.2, 0) is 4.79 Å². The highest BCUT2D eigenvalue weighted by atomic mass is 16.1. The first-order valence-corrected chi connectivity index (χ1v) is 5.60. The lowest BCUT2D eigenvalue weighted by atomic mass is 10.0. The zero-order valence-corrected chi connectivity index (χ0v) is 9.41. The number of allylic oxidation sites excluding steroid dienone is 4. The third-order valence-electron chi connectivity index (χ3n) is 2.13. The van der Waals surface area contributed by atoms with Gasteiger partial charge in [-0.2, -0.15) is 0 Å². The fourth-order valence-electron chi connectivity index (χ4n) is 1.32. The maximum atomic E-state index is 10.6.